The molecule has 0 spiro atoms. The summed E-state index contributed by atoms with van der Waals surface area (Å²) in [6, 6.07) is 10.8. The minimum atomic E-state index is -0.839. The van der Waals surface area contributed by atoms with Crippen LogP contribution in [0, 0.1) is 18.6 Å². The molecular weight excluding hydrogens is 512 g/mol. The van der Waals surface area contributed by atoms with E-state index in [9.17, 15) is 14.3 Å². The summed E-state index contributed by atoms with van der Waals surface area (Å²) in [5, 5.41) is 10.5. The van der Waals surface area contributed by atoms with E-state index in [2.05, 4.69) is 26.7 Å². The van der Waals surface area contributed by atoms with Gasteiger partial charge in [0, 0.05) is 32.7 Å². The number of carbonyl (C=O) groups excluding carboxylic acids is 1. The van der Waals surface area contributed by atoms with E-state index in [0.29, 0.717) is 30.0 Å². The Bertz CT molecular complexity index is 1430. The van der Waals surface area contributed by atoms with Crippen molar-refractivity contribution in [2.45, 2.75) is 46.1 Å². The van der Waals surface area contributed by atoms with Crippen molar-refractivity contribution < 1.29 is 18.7 Å². The zero-order valence-corrected chi connectivity index (χ0v) is 24.2. The molecule has 7 nitrogen and oxygen atoms in total. The number of aliphatic imine (C=N–C) groups is 1. The second kappa shape index (κ2) is 11.3. The van der Waals surface area contributed by atoms with Crippen LogP contribution < -0.4 is 4.90 Å². The summed E-state index contributed by atoms with van der Waals surface area (Å²) in [6.45, 7) is 12.3. The van der Waals surface area contributed by atoms with Gasteiger partial charge in [-0.15, -0.1) is 0 Å². The summed E-state index contributed by atoms with van der Waals surface area (Å²) in [4.78, 5) is 27.8. The highest BCUT2D eigenvalue weighted by atomic mass is 19.1. The third kappa shape index (κ3) is 5.43. The molecule has 2 heterocycles. The molecule has 3 aromatic rings. The van der Waals surface area contributed by atoms with E-state index < -0.39 is 23.1 Å². The Labute approximate surface area is 234 Å². The van der Waals surface area contributed by atoms with E-state index >= 15 is 4.39 Å². The first-order valence-electron chi connectivity index (χ1n) is 13.3. The number of piperazine rings is 1. The maximum Gasteiger partial charge on any atom is 0.219 e. The Morgan fingerprint density at radius 3 is 2.45 bits per heavy atom. The maximum absolute atomic E-state index is 15.9. The average Bonchev–Trinajstić information content (AvgIpc) is 2.88. The van der Waals surface area contributed by atoms with Gasteiger partial charge in [0.25, 0.3) is 0 Å². The number of rotatable bonds is 5. The molecule has 1 N–H and O–H groups in total. The number of aromatic hydroxyl groups is 1. The maximum atomic E-state index is 15.9. The third-order valence-corrected chi connectivity index (χ3v) is 7.36. The fourth-order valence-electron chi connectivity index (χ4n) is 5.40. The first-order chi connectivity index (χ1) is 18.9. The molecule has 0 radical (unpaired) electrons. The van der Waals surface area contributed by atoms with E-state index in [0.717, 1.165) is 30.3 Å². The van der Waals surface area contributed by atoms with Crippen LogP contribution in [0.5, 0.6) is 5.75 Å². The van der Waals surface area contributed by atoms with Crippen molar-refractivity contribution in [1.29, 1.82) is 0 Å². The van der Waals surface area contributed by atoms with E-state index in [1.807, 2.05) is 52.9 Å². The molecular formula is C31H37F2N5O2. The molecule has 1 fully saturated rings. The number of aryl methyl sites for hydroxylation is 1. The van der Waals surface area contributed by atoms with Crippen molar-refractivity contribution in [3.05, 3.63) is 70.8 Å². The van der Waals surface area contributed by atoms with E-state index in [4.69, 9.17) is 0 Å². The molecule has 1 atom stereocenters. The molecule has 212 valence electrons. The van der Waals surface area contributed by atoms with Gasteiger partial charge in [0.15, 0.2) is 11.6 Å². The molecule has 2 aromatic carbocycles. The molecule has 1 aromatic heterocycles. The van der Waals surface area contributed by atoms with Crippen LogP contribution in [0.15, 0.2) is 47.5 Å². The fraction of sp³-hybridized carbons (Fsp3) is 0.387. The number of pyridine rings is 1. The van der Waals surface area contributed by atoms with Gasteiger partial charge in [0.2, 0.25) is 6.41 Å². The predicted octanol–water partition coefficient (Wildman–Crippen LogP) is 5.65. The van der Waals surface area contributed by atoms with Crippen LogP contribution >= 0.6 is 0 Å². The number of hydrogen-bond donors (Lipinski definition) is 1. The monoisotopic (exact) mass is 549 g/mol. The lowest BCUT2D eigenvalue weighted by Crippen LogP contribution is -2.53. The Hall–Kier alpha value is -3.85. The number of phenolic OH excluding ortho intramolecular Hbond substituents is 1. The lowest BCUT2D eigenvalue weighted by atomic mass is 9.84. The van der Waals surface area contributed by atoms with Gasteiger partial charge in [-0.2, -0.15) is 0 Å². The summed E-state index contributed by atoms with van der Waals surface area (Å²) in [6.07, 6.45) is 0.646. The van der Waals surface area contributed by atoms with Crippen LogP contribution in [-0.4, -0.2) is 71.9 Å². The van der Waals surface area contributed by atoms with Gasteiger partial charge in [0.05, 0.1) is 16.8 Å². The van der Waals surface area contributed by atoms with E-state index in [1.165, 1.54) is 23.1 Å². The van der Waals surface area contributed by atoms with Gasteiger partial charge in [-0.25, -0.2) is 13.8 Å². The SMILES string of the molecule is CN=C(c1cc(F)c(-c2c(O)cccc2F)nc1N(C=O)c1c(C)cccc1C(C)(C)C)N1CCN(C)CC1C. The predicted molar refractivity (Wildman–Crippen MR) is 155 cm³/mol. The molecule has 0 aliphatic carbocycles. The van der Waals surface area contributed by atoms with Gasteiger partial charge in [0.1, 0.15) is 23.1 Å². The number of aromatic nitrogens is 1. The summed E-state index contributed by atoms with van der Waals surface area (Å²) in [7, 11) is 3.66. The van der Waals surface area contributed by atoms with Crippen LogP contribution in [0.4, 0.5) is 20.3 Å². The number of amides is 1. The standard InChI is InChI=1S/C31H37F2N5O2/c1-19-10-8-11-22(31(3,4)5)28(19)38(18-39)30-21(29(34-6)37-15-14-36(7)17-20(37)2)16-24(33)27(35-30)26-23(32)12-9-13-25(26)40/h8-13,16,18,20,40H,14-15,17H2,1-7H3. The Morgan fingerprint density at radius 2 is 1.85 bits per heavy atom. The number of halogens is 2. The number of para-hydroxylation sites is 1. The van der Waals surface area contributed by atoms with Crippen LogP contribution in [-0.2, 0) is 10.2 Å². The summed E-state index contributed by atoms with van der Waals surface area (Å²) < 4.78 is 30.8. The number of benzene rings is 2. The molecule has 40 heavy (non-hydrogen) atoms. The second-order valence-corrected chi connectivity index (χ2v) is 11.4. The first-order valence-corrected chi connectivity index (χ1v) is 13.3. The summed E-state index contributed by atoms with van der Waals surface area (Å²) >= 11 is 0. The van der Waals surface area contributed by atoms with Crippen LogP contribution in [0.3, 0.4) is 0 Å². The lowest BCUT2D eigenvalue weighted by Gasteiger charge is -2.40. The Morgan fingerprint density at radius 1 is 1.15 bits per heavy atom. The minimum Gasteiger partial charge on any atom is -0.507 e. The highest BCUT2D eigenvalue weighted by molar-refractivity contribution is 6.07. The number of phenols is 1. The number of anilines is 2. The highest BCUT2D eigenvalue weighted by Crippen LogP contribution is 2.41. The van der Waals surface area contributed by atoms with Crippen molar-refractivity contribution in [2.24, 2.45) is 4.99 Å². The van der Waals surface area contributed by atoms with Crippen molar-refractivity contribution in [2.75, 3.05) is 38.6 Å². The molecule has 1 unspecified atom stereocenters. The third-order valence-electron chi connectivity index (χ3n) is 7.36. The Balaban J connectivity index is 2.05. The van der Waals surface area contributed by atoms with Crippen molar-refractivity contribution in [1.82, 2.24) is 14.8 Å². The molecule has 9 heteroatoms. The summed E-state index contributed by atoms with van der Waals surface area (Å²) in [5.74, 6) is -1.55. The van der Waals surface area contributed by atoms with Crippen LogP contribution in [0.25, 0.3) is 11.3 Å². The van der Waals surface area contributed by atoms with Gasteiger partial charge in [-0.1, -0.05) is 45.0 Å². The average molecular weight is 550 g/mol. The summed E-state index contributed by atoms with van der Waals surface area (Å²) in [5.41, 5.74) is 1.49. The minimum absolute atomic E-state index is 0.0527. The second-order valence-electron chi connectivity index (χ2n) is 11.4. The van der Waals surface area contributed by atoms with E-state index in [1.54, 1.807) is 7.05 Å². The van der Waals surface area contributed by atoms with Crippen molar-refractivity contribution in [3.63, 3.8) is 0 Å². The molecule has 1 aliphatic rings. The number of nitrogens with zero attached hydrogens (tertiary/aromatic N) is 5. The number of hydrogen-bond acceptors (Lipinski definition) is 5. The lowest BCUT2D eigenvalue weighted by molar-refractivity contribution is -0.106. The normalized spacial score (nSPS) is 16.8. The Kier molecular flexibility index (Phi) is 8.25. The number of likely N-dealkylation sites (N-methyl/N-ethyl adjacent to an activating group) is 1. The topological polar surface area (TPSA) is 72.3 Å². The molecule has 1 saturated heterocycles. The molecule has 0 saturated carbocycles. The van der Waals surface area contributed by atoms with Crippen molar-refractivity contribution in [3.8, 4) is 17.0 Å². The van der Waals surface area contributed by atoms with Gasteiger partial charge in [-0.3, -0.25) is 14.7 Å². The number of carbonyl (C=O) groups is 1. The molecule has 4 rings (SSSR count). The van der Waals surface area contributed by atoms with Gasteiger partial charge in [-0.05, 0) is 55.6 Å². The van der Waals surface area contributed by atoms with E-state index in [-0.39, 0.29) is 22.8 Å². The zero-order chi connectivity index (χ0) is 29.4. The molecule has 0 bridgehead atoms. The number of amidine groups is 1. The molecule has 1 amide bonds. The zero-order valence-electron chi connectivity index (χ0n) is 24.2. The first kappa shape index (κ1) is 29.1. The highest BCUT2D eigenvalue weighted by Gasteiger charge is 2.32. The molecule has 1 aliphatic heterocycles. The largest absolute Gasteiger partial charge is 0.507 e. The van der Waals surface area contributed by atoms with Gasteiger partial charge < -0.3 is 14.9 Å². The van der Waals surface area contributed by atoms with Gasteiger partial charge >= 0.3 is 0 Å². The van der Waals surface area contributed by atoms with Crippen LogP contribution in [0.2, 0.25) is 0 Å². The fourth-order valence-corrected chi connectivity index (χ4v) is 5.40. The van der Waals surface area contributed by atoms with Crippen LogP contribution in [0.1, 0.15) is 44.4 Å². The quantitative estimate of drug-likeness (QED) is 0.253. The smallest absolute Gasteiger partial charge is 0.219 e. The van der Waals surface area contributed by atoms with Crippen molar-refractivity contribution >= 4 is 23.8 Å².